The highest BCUT2D eigenvalue weighted by molar-refractivity contribution is 5.12. The van der Waals surface area contributed by atoms with Crippen LogP contribution in [0.15, 0.2) is 12.7 Å². The van der Waals surface area contributed by atoms with Crippen molar-refractivity contribution in [3.63, 3.8) is 0 Å². The van der Waals surface area contributed by atoms with Crippen molar-refractivity contribution in [1.82, 2.24) is 5.32 Å². The molecule has 0 aliphatic heterocycles. The third-order valence-corrected chi connectivity index (χ3v) is 1.51. The molecule has 0 spiro atoms. The lowest BCUT2D eigenvalue weighted by atomic mass is 9.98. The van der Waals surface area contributed by atoms with Gasteiger partial charge in [0, 0.05) is 5.54 Å². The summed E-state index contributed by atoms with van der Waals surface area (Å²) in [4.78, 5) is 0. The van der Waals surface area contributed by atoms with Crippen LogP contribution in [-0.4, -0.2) is 11.1 Å². The van der Waals surface area contributed by atoms with Crippen molar-refractivity contribution in [2.45, 2.75) is 38.8 Å². The van der Waals surface area contributed by atoms with Crippen LogP contribution >= 0.6 is 0 Å². The van der Waals surface area contributed by atoms with E-state index in [-0.39, 0.29) is 11.1 Å². The molecular weight excluding hydrogens is 134 g/mol. The Kier molecular flexibility index (Phi) is 2.90. The number of hydrogen-bond acceptors (Lipinski definition) is 1. The van der Waals surface area contributed by atoms with Crippen LogP contribution in [-0.2, 0) is 0 Å². The molecule has 1 nitrogen and oxygen atoms in total. The monoisotopic (exact) mass is 151 g/mol. The molecule has 0 radical (unpaired) electrons. The molecular formula is C10H17N. The van der Waals surface area contributed by atoms with Gasteiger partial charge in [-0.3, -0.25) is 5.32 Å². The minimum absolute atomic E-state index is 0.101. The molecule has 0 aromatic rings. The van der Waals surface area contributed by atoms with Gasteiger partial charge in [0.15, 0.2) is 0 Å². The van der Waals surface area contributed by atoms with Crippen molar-refractivity contribution in [3.05, 3.63) is 12.7 Å². The Morgan fingerprint density at radius 3 is 2.09 bits per heavy atom. The first-order chi connectivity index (χ1) is 4.83. The Morgan fingerprint density at radius 1 is 1.36 bits per heavy atom. The van der Waals surface area contributed by atoms with Crippen molar-refractivity contribution in [1.29, 1.82) is 0 Å². The van der Waals surface area contributed by atoms with E-state index in [1.54, 1.807) is 0 Å². The van der Waals surface area contributed by atoms with E-state index in [0.29, 0.717) is 0 Å². The van der Waals surface area contributed by atoms with Gasteiger partial charge in [0.25, 0.3) is 0 Å². The number of terminal acetylenes is 1. The van der Waals surface area contributed by atoms with Crippen molar-refractivity contribution in [3.8, 4) is 12.3 Å². The van der Waals surface area contributed by atoms with E-state index in [0.717, 1.165) is 0 Å². The summed E-state index contributed by atoms with van der Waals surface area (Å²) in [5, 5.41) is 3.28. The third-order valence-electron chi connectivity index (χ3n) is 1.51. The first-order valence-electron chi connectivity index (χ1n) is 3.74. The zero-order valence-electron chi connectivity index (χ0n) is 7.86. The quantitative estimate of drug-likeness (QED) is 0.480. The summed E-state index contributed by atoms with van der Waals surface area (Å²) >= 11 is 0. The molecule has 0 aliphatic rings. The second-order valence-corrected chi connectivity index (χ2v) is 3.82. The Balaban J connectivity index is 4.27. The molecule has 0 bridgehead atoms. The summed E-state index contributed by atoms with van der Waals surface area (Å²) in [6, 6.07) is 0. The smallest absolute Gasteiger partial charge is 0.0747 e. The average molecular weight is 151 g/mol. The molecule has 0 fully saturated rings. The first kappa shape index (κ1) is 10.3. The Morgan fingerprint density at radius 2 is 1.82 bits per heavy atom. The second kappa shape index (κ2) is 3.11. The van der Waals surface area contributed by atoms with Gasteiger partial charge in [-0.1, -0.05) is 12.0 Å². The molecule has 1 heteroatoms. The van der Waals surface area contributed by atoms with E-state index in [9.17, 15) is 0 Å². The van der Waals surface area contributed by atoms with E-state index >= 15 is 0 Å². The maximum atomic E-state index is 5.32. The van der Waals surface area contributed by atoms with Gasteiger partial charge < -0.3 is 0 Å². The number of hydrogen-bond donors (Lipinski definition) is 1. The van der Waals surface area contributed by atoms with Crippen molar-refractivity contribution in [2.24, 2.45) is 0 Å². The zero-order chi connectivity index (χ0) is 9.12. The molecule has 0 aromatic carbocycles. The van der Waals surface area contributed by atoms with Crippen LogP contribution in [0.1, 0.15) is 27.7 Å². The first-order valence-corrected chi connectivity index (χ1v) is 3.74. The molecule has 11 heavy (non-hydrogen) atoms. The second-order valence-electron chi connectivity index (χ2n) is 3.82. The predicted octanol–water partition coefficient (Wildman–Crippen LogP) is 1.95. The van der Waals surface area contributed by atoms with Crippen molar-refractivity contribution < 1.29 is 0 Å². The van der Waals surface area contributed by atoms with E-state index < -0.39 is 0 Å². The van der Waals surface area contributed by atoms with E-state index in [2.05, 4.69) is 17.8 Å². The molecule has 1 N–H and O–H groups in total. The highest BCUT2D eigenvalue weighted by Gasteiger charge is 2.22. The summed E-state index contributed by atoms with van der Waals surface area (Å²) in [5.74, 6) is 2.67. The summed E-state index contributed by atoms with van der Waals surface area (Å²) in [6.07, 6.45) is 7.17. The molecule has 0 atom stereocenters. The Labute approximate surface area is 69.9 Å². The molecule has 0 rings (SSSR count). The fourth-order valence-electron chi connectivity index (χ4n) is 0.893. The number of rotatable bonds is 3. The van der Waals surface area contributed by atoms with Crippen LogP contribution in [0.5, 0.6) is 0 Å². The average Bonchev–Trinajstić information content (AvgIpc) is 1.86. The van der Waals surface area contributed by atoms with Gasteiger partial charge in [-0.15, -0.1) is 13.0 Å². The molecule has 0 saturated carbocycles. The summed E-state index contributed by atoms with van der Waals surface area (Å²) < 4.78 is 0. The predicted molar refractivity (Wildman–Crippen MR) is 50.3 cm³/mol. The SMILES string of the molecule is C#CC(C)(C)NC(C)(C)C=C. The fourth-order valence-corrected chi connectivity index (χ4v) is 0.893. The summed E-state index contributed by atoms with van der Waals surface area (Å²) in [5.41, 5.74) is -0.367. The van der Waals surface area contributed by atoms with Gasteiger partial charge in [-0.2, -0.15) is 0 Å². The van der Waals surface area contributed by atoms with E-state index in [4.69, 9.17) is 6.42 Å². The lowest BCUT2D eigenvalue weighted by Gasteiger charge is -2.31. The van der Waals surface area contributed by atoms with Crippen LogP contribution in [0.25, 0.3) is 0 Å². The zero-order valence-corrected chi connectivity index (χ0v) is 7.86. The Hall–Kier alpha value is -0.740. The highest BCUT2D eigenvalue weighted by Crippen LogP contribution is 2.10. The highest BCUT2D eigenvalue weighted by atomic mass is 15.0. The van der Waals surface area contributed by atoms with Crippen LogP contribution in [0.3, 0.4) is 0 Å². The molecule has 0 aromatic heterocycles. The van der Waals surface area contributed by atoms with Gasteiger partial charge in [-0.05, 0) is 27.7 Å². The van der Waals surface area contributed by atoms with Crippen molar-refractivity contribution in [2.75, 3.05) is 0 Å². The molecule has 0 aliphatic carbocycles. The summed E-state index contributed by atoms with van der Waals surface area (Å²) in [7, 11) is 0. The standard InChI is InChI=1S/C10H17N/c1-7-9(3,4)11-10(5,6)8-2/h1,8,11H,2H2,3-6H3. The van der Waals surface area contributed by atoms with Gasteiger partial charge >= 0.3 is 0 Å². The van der Waals surface area contributed by atoms with Gasteiger partial charge in [0.1, 0.15) is 0 Å². The lowest BCUT2D eigenvalue weighted by molar-refractivity contribution is 0.372. The van der Waals surface area contributed by atoms with E-state index in [1.807, 2.05) is 33.8 Å². The van der Waals surface area contributed by atoms with Gasteiger partial charge in [-0.25, -0.2) is 0 Å². The lowest BCUT2D eigenvalue weighted by Crippen LogP contribution is -2.49. The van der Waals surface area contributed by atoms with Crippen LogP contribution in [0.4, 0.5) is 0 Å². The molecule has 0 saturated heterocycles. The molecule has 0 unspecified atom stereocenters. The maximum Gasteiger partial charge on any atom is 0.0747 e. The molecule has 62 valence electrons. The topological polar surface area (TPSA) is 12.0 Å². The van der Waals surface area contributed by atoms with Crippen LogP contribution in [0.2, 0.25) is 0 Å². The van der Waals surface area contributed by atoms with Gasteiger partial charge in [0.05, 0.1) is 5.54 Å². The molecule has 0 heterocycles. The Bertz CT molecular complexity index is 182. The fraction of sp³-hybridized carbons (Fsp3) is 0.600. The normalized spacial score (nSPS) is 12.3. The van der Waals surface area contributed by atoms with Crippen LogP contribution in [0, 0.1) is 12.3 Å². The third kappa shape index (κ3) is 3.85. The van der Waals surface area contributed by atoms with E-state index in [1.165, 1.54) is 0 Å². The largest absolute Gasteiger partial charge is 0.293 e. The maximum absolute atomic E-state index is 5.32. The minimum atomic E-state index is -0.266. The van der Waals surface area contributed by atoms with Crippen molar-refractivity contribution >= 4 is 0 Å². The number of nitrogens with one attached hydrogen (secondary N) is 1. The summed E-state index contributed by atoms with van der Waals surface area (Å²) in [6.45, 7) is 11.7. The van der Waals surface area contributed by atoms with Crippen LogP contribution < -0.4 is 5.32 Å². The van der Waals surface area contributed by atoms with Gasteiger partial charge in [0.2, 0.25) is 0 Å². The minimum Gasteiger partial charge on any atom is -0.293 e. The molecule has 0 amide bonds.